The average molecular weight is 360 g/mol. The molecule has 0 saturated carbocycles. The molecule has 8 nitrogen and oxygen atoms in total. The molecule has 0 aliphatic heterocycles. The number of hydrogen-bond acceptors (Lipinski definition) is 6. The summed E-state index contributed by atoms with van der Waals surface area (Å²) in [4.78, 5) is 8.25. The molecule has 0 saturated heterocycles. The van der Waals surface area contributed by atoms with Crippen LogP contribution in [0.5, 0.6) is 0 Å². The molecule has 25 heavy (non-hydrogen) atoms. The molecular formula is C16H20N6O2S. The topological polar surface area (TPSA) is 115 Å². The number of fused-ring (bicyclic) bond motifs is 1. The third kappa shape index (κ3) is 3.94. The van der Waals surface area contributed by atoms with Crippen molar-refractivity contribution in [2.75, 3.05) is 12.3 Å². The minimum atomic E-state index is -3.63. The van der Waals surface area contributed by atoms with Gasteiger partial charge in [-0.3, -0.25) is 4.98 Å². The Morgan fingerprint density at radius 2 is 1.96 bits per heavy atom. The fourth-order valence-corrected chi connectivity index (χ4v) is 3.46. The average Bonchev–Trinajstić information content (AvgIpc) is 2.92. The lowest BCUT2D eigenvalue weighted by molar-refractivity contribution is 0.407. The van der Waals surface area contributed by atoms with Gasteiger partial charge in [0.15, 0.2) is 5.65 Å². The molecule has 0 aromatic carbocycles. The van der Waals surface area contributed by atoms with E-state index in [2.05, 4.69) is 19.8 Å². The predicted molar refractivity (Wildman–Crippen MR) is 95.3 cm³/mol. The molecule has 0 aliphatic rings. The molecule has 0 spiro atoms. The molecule has 0 bridgehead atoms. The van der Waals surface area contributed by atoms with E-state index in [1.165, 1.54) is 6.20 Å². The smallest absolute Gasteiger partial charge is 0.242 e. The summed E-state index contributed by atoms with van der Waals surface area (Å²) in [7, 11) is -3.63. The highest BCUT2D eigenvalue weighted by Gasteiger charge is 2.19. The van der Waals surface area contributed by atoms with Gasteiger partial charge in [0.1, 0.15) is 4.90 Å². The lowest BCUT2D eigenvalue weighted by atomic mass is 9.98. The van der Waals surface area contributed by atoms with Crippen LogP contribution in [0.4, 0.5) is 5.95 Å². The number of anilines is 1. The summed E-state index contributed by atoms with van der Waals surface area (Å²) in [6.07, 6.45) is 4.67. The molecule has 0 unspecified atom stereocenters. The zero-order chi connectivity index (χ0) is 18.2. The summed E-state index contributed by atoms with van der Waals surface area (Å²) >= 11 is 0. The van der Waals surface area contributed by atoms with Crippen LogP contribution in [0, 0.1) is 5.41 Å². The fraction of sp³-hybridized carbons (Fsp3) is 0.312. The summed E-state index contributed by atoms with van der Waals surface area (Å²) in [6, 6.07) is 5.16. The standard InChI is InChI=1S/C16H20N6O2S/c1-16(2,3)10-19-25(23,24)13-6-12(7-18-8-13)11-4-5-14-20-15(17)21-22(14)9-11/h4-9,19H,10H2,1-3H3,(H2,17,21). The third-order valence-corrected chi connectivity index (χ3v) is 4.86. The van der Waals surface area contributed by atoms with E-state index in [9.17, 15) is 8.42 Å². The predicted octanol–water partition coefficient (Wildman–Crippen LogP) is 1.70. The molecule has 3 heterocycles. The second-order valence-corrected chi connectivity index (χ2v) is 8.75. The Labute approximate surface area is 146 Å². The van der Waals surface area contributed by atoms with Crippen molar-refractivity contribution in [1.82, 2.24) is 24.3 Å². The van der Waals surface area contributed by atoms with Gasteiger partial charge in [-0.1, -0.05) is 20.8 Å². The molecule has 3 aromatic heterocycles. The van der Waals surface area contributed by atoms with Crippen LogP contribution in [-0.2, 0) is 10.0 Å². The van der Waals surface area contributed by atoms with Crippen LogP contribution in [-0.4, -0.2) is 34.5 Å². The number of nitrogen functional groups attached to an aromatic ring is 1. The van der Waals surface area contributed by atoms with Crippen LogP contribution < -0.4 is 10.5 Å². The molecule has 3 N–H and O–H groups in total. The lowest BCUT2D eigenvalue weighted by Gasteiger charge is -2.18. The van der Waals surface area contributed by atoms with E-state index < -0.39 is 10.0 Å². The summed E-state index contributed by atoms with van der Waals surface area (Å²) in [5.41, 5.74) is 7.47. The van der Waals surface area contributed by atoms with Crippen molar-refractivity contribution in [2.24, 2.45) is 5.41 Å². The molecule has 132 valence electrons. The van der Waals surface area contributed by atoms with Gasteiger partial charge >= 0.3 is 0 Å². The van der Waals surface area contributed by atoms with Gasteiger partial charge < -0.3 is 5.73 Å². The largest absolute Gasteiger partial charge is 0.366 e. The molecule has 0 fully saturated rings. The number of aromatic nitrogens is 4. The minimum absolute atomic E-state index is 0.118. The quantitative estimate of drug-likeness (QED) is 0.732. The molecular weight excluding hydrogens is 340 g/mol. The Hall–Kier alpha value is -2.52. The van der Waals surface area contributed by atoms with Crippen LogP contribution >= 0.6 is 0 Å². The van der Waals surface area contributed by atoms with Crippen molar-refractivity contribution in [3.8, 4) is 11.1 Å². The number of nitrogens with one attached hydrogen (secondary N) is 1. The van der Waals surface area contributed by atoms with Crippen molar-refractivity contribution in [3.05, 3.63) is 36.8 Å². The van der Waals surface area contributed by atoms with Gasteiger partial charge in [-0.15, -0.1) is 5.10 Å². The van der Waals surface area contributed by atoms with Gasteiger partial charge in [0.25, 0.3) is 0 Å². The Kier molecular flexibility index (Phi) is 4.21. The maximum absolute atomic E-state index is 12.5. The molecule has 9 heteroatoms. The number of nitrogens with zero attached hydrogens (tertiary/aromatic N) is 4. The summed E-state index contributed by atoms with van der Waals surface area (Å²) < 4.78 is 29.1. The highest BCUT2D eigenvalue weighted by atomic mass is 32.2. The first kappa shape index (κ1) is 17.3. The van der Waals surface area contributed by atoms with Crippen LogP contribution in [0.2, 0.25) is 0 Å². The van der Waals surface area contributed by atoms with E-state index in [0.717, 1.165) is 5.56 Å². The van der Waals surface area contributed by atoms with E-state index in [0.29, 0.717) is 17.8 Å². The number of rotatable bonds is 4. The van der Waals surface area contributed by atoms with E-state index in [1.54, 1.807) is 29.0 Å². The third-order valence-electron chi connectivity index (χ3n) is 3.50. The Morgan fingerprint density at radius 1 is 1.20 bits per heavy atom. The van der Waals surface area contributed by atoms with Gasteiger partial charge in [-0.2, -0.15) is 4.98 Å². The van der Waals surface area contributed by atoms with E-state index >= 15 is 0 Å². The van der Waals surface area contributed by atoms with Gasteiger partial charge in [0.05, 0.1) is 0 Å². The van der Waals surface area contributed by atoms with Gasteiger partial charge in [-0.25, -0.2) is 17.7 Å². The van der Waals surface area contributed by atoms with Gasteiger partial charge in [0.2, 0.25) is 16.0 Å². The van der Waals surface area contributed by atoms with Crippen LogP contribution in [0.25, 0.3) is 16.8 Å². The summed E-state index contributed by atoms with van der Waals surface area (Å²) in [5.74, 6) is 0.179. The number of pyridine rings is 2. The first-order valence-corrected chi connectivity index (χ1v) is 9.19. The lowest BCUT2D eigenvalue weighted by Crippen LogP contribution is -2.32. The monoisotopic (exact) mass is 360 g/mol. The first-order valence-electron chi connectivity index (χ1n) is 7.71. The summed E-state index contributed by atoms with van der Waals surface area (Å²) in [6.45, 7) is 6.22. The molecule has 3 aromatic rings. The second kappa shape index (κ2) is 6.08. The Bertz CT molecular complexity index is 1020. The summed E-state index contributed by atoms with van der Waals surface area (Å²) in [5, 5.41) is 4.06. The zero-order valence-corrected chi connectivity index (χ0v) is 15.1. The number of sulfonamides is 1. The first-order chi connectivity index (χ1) is 11.6. The highest BCUT2D eigenvalue weighted by Crippen LogP contribution is 2.22. The molecule has 0 amide bonds. The van der Waals surface area contributed by atoms with Crippen LogP contribution in [0.3, 0.4) is 0 Å². The van der Waals surface area contributed by atoms with Crippen molar-refractivity contribution >= 4 is 21.6 Å². The van der Waals surface area contributed by atoms with Crippen molar-refractivity contribution in [2.45, 2.75) is 25.7 Å². The maximum Gasteiger partial charge on any atom is 0.242 e. The zero-order valence-electron chi connectivity index (χ0n) is 14.3. The Balaban J connectivity index is 1.94. The van der Waals surface area contributed by atoms with E-state index in [4.69, 9.17) is 5.73 Å². The SMILES string of the molecule is CC(C)(C)CNS(=O)(=O)c1cncc(-c2ccc3nc(N)nn3c2)c1. The molecule has 3 rings (SSSR count). The van der Waals surface area contributed by atoms with Crippen molar-refractivity contribution < 1.29 is 8.42 Å². The van der Waals surface area contributed by atoms with Crippen LogP contribution in [0.1, 0.15) is 20.8 Å². The minimum Gasteiger partial charge on any atom is -0.366 e. The molecule has 0 radical (unpaired) electrons. The molecule has 0 atom stereocenters. The molecule has 0 aliphatic carbocycles. The van der Waals surface area contributed by atoms with Gasteiger partial charge in [0, 0.05) is 36.3 Å². The van der Waals surface area contributed by atoms with E-state index in [1.807, 2.05) is 26.8 Å². The number of nitrogens with two attached hydrogens (primary N) is 1. The number of hydrogen-bond donors (Lipinski definition) is 2. The normalized spacial score (nSPS) is 12.6. The van der Waals surface area contributed by atoms with Crippen LogP contribution in [0.15, 0.2) is 41.7 Å². The maximum atomic E-state index is 12.5. The van der Waals surface area contributed by atoms with Crippen molar-refractivity contribution in [1.29, 1.82) is 0 Å². The highest BCUT2D eigenvalue weighted by molar-refractivity contribution is 7.89. The van der Waals surface area contributed by atoms with Gasteiger partial charge in [-0.05, 0) is 23.6 Å². The second-order valence-electron chi connectivity index (χ2n) is 6.99. The van der Waals surface area contributed by atoms with E-state index in [-0.39, 0.29) is 16.3 Å². The fourth-order valence-electron chi connectivity index (χ4n) is 2.19. The van der Waals surface area contributed by atoms with Crippen molar-refractivity contribution in [3.63, 3.8) is 0 Å². The Morgan fingerprint density at radius 3 is 2.68 bits per heavy atom.